The Hall–Kier alpha value is -0.570. The van der Waals surface area contributed by atoms with Crippen LogP contribution in [0, 0.1) is 0 Å². The van der Waals surface area contributed by atoms with Gasteiger partial charge in [0.2, 0.25) is 5.91 Å². The van der Waals surface area contributed by atoms with Gasteiger partial charge < -0.3 is 4.90 Å². The molecule has 1 heterocycles. The van der Waals surface area contributed by atoms with Crippen molar-refractivity contribution in [1.29, 1.82) is 0 Å². The zero-order valence-corrected chi connectivity index (χ0v) is 12.4. The quantitative estimate of drug-likeness (QED) is 0.640. The number of unbranched alkanes of at least 4 members (excludes halogenated alkanes) is 4. The molecule has 1 aliphatic heterocycles. The predicted molar refractivity (Wildman–Crippen MR) is 76.4 cm³/mol. The molecule has 0 radical (unpaired) electrons. The first-order valence-electron chi connectivity index (χ1n) is 7.81. The van der Waals surface area contributed by atoms with Gasteiger partial charge in [-0.05, 0) is 19.3 Å². The summed E-state index contributed by atoms with van der Waals surface area (Å²) in [6.45, 7) is 7.50. The third-order valence-corrected chi connectivity index (χ3v) is 3.84. The van der Waals surface area contributed by atoms with Crippen molar-refractivity contribution in [3.63, 3.8) is 0 Å². The van der Waals surface area contributed by atoms with Crippen molar-refractivity contribution in [1.82, 2.24) is 10.2 Å². The van der Waals surface area contributed by atoms with Crippen LogP contribution in [0.2, 0.25) is 0 Å². The highest BCUT2D eigenvalue weighted by Gasteiger charge is 2.36. The van der Waals surface area contributed by atoms with Gasteiger partial charge in [-0.3, -0.25) is 10.1 Å². The molecule has 0 aromatic heterocycles. The van der Waals surface area contributed by atoms with Crippen LogP contribution in [-0.2, 0) is 4.79 Å². The van der Waals surface area contributed by atoms with Crippen LogP contribution >= 0.6 is 0 Å². The van der Waals surface area contributed by atoms with Crippen LogP contribution in [-0.4, -0.2) is 29.6 Å². The van der Waals surface area contributed by atoms with Crippen molar-refractivity contribution < 1.29 is 4.79 Å². The standard InChI is InChI=1S/C15H30N2O/c1-4-7-9-10-12-17-14(6-3)16-13(15(17)18)11-8-5-2/h13-14,16H,4-12H2,1-3H3. The number of carbonyl (C=O) groups is 1. The lowest BCUT2D eigenvalue weighted by molar-refractivity contribution is -0.130. The molecule has 0 spiro atoms. The van der Waals surface area contributed by atoms with Crippen LogP contribution in [0.3, 0.4) is 0 Å². The molecule has 0 aromatic carbocycles. The number of hydrogen-bond donors (Lipinski definition) is 1. The van der Waals surface area contributed by atoms with E-state index < -0.39 is 0 Å². The fraction of sp³-hybridized carbons (Fsp3) is 0.933. The molecule has 0 saturated carbocycles. The number of nitrogens with zero attached hydrogens (tertiary/aromatic N) is 1. The smallest absolute Gasteiger partial charge is 0.241 e. The molecule has 0 bridgehead atoms. The van der Waals surface area contributed by atoms with Crippen molar-refractivity contribution in [3.05, 3.63) is 0 Å². The summed E-state index contributed by atoms with van der Waals surface area (Å²) in [7, 11) is 0. The van der Waals surface area contributed by atoms with Crippen LogP contribution in [0.25, 0.3) is 0 Å². The molecule has 1 aliphatic rings. The first kappa shape index (κ1) is 15.5. The number of rotatable bonds is 9. The van der Waals surface area contributed by atoms with E-state index in [1.54, 1.807) is 0 Å². The second kappa shape index (κ2) is 8.52. The van der Waals surface area contributed by atoms with E-state index in [2.05, 4.69) is 31.0 Å². The van der Waals surface area contributed by atoms with Gasteiger partial charge in [-0.1, -0.05) is 52.9 Å². The van der Waals surface area contributed by atoms with Gasteiger partial charge >= 0.3 is 0 Å². The lowest BCUT2D eigenvalue weighted by atomic mass is 10.1. The Morgan fingerprint density at radius 2 is 1.78 bits per heavy atom. The van der Waals surface area contributed by atoms with Gasteiger partial charge in [-0.25, -0.2) is 0 Å². The Morgan fingerprint density at radius 1 is 1.06 bits per heavy atom. The summed E-state index contributed by atoms with van der Waals surface area (Å²) < 4.78 is 0. The molecule has 1 rings (SSSR count). The number of amides is 1. The fourth-order valence-electron chi connectivity index (χ4n) is 2.68. The maximum atomic E-state index is 12.3. The molecule has 3 nitrogen and oxygen atoms in total. The second-order valence-electron chi connectivity index (χ2n) is 5.38. The summed E-state index contributed by atoms with van der Waals surface area (Å²) in [5, 5.41) is 3.49. The van der Waals surface area contributed by atoms with Gasteiger partial charge in [0, 0.05) is 6.54 Å². The Labute approximate surface area is 112 Å². The van der Waals surface area contributed by atoms with Gasteiger partial charge in [0.1, 0.15) is 0 Å². The maximum absolute atomic E-state index is 12.3. The minimum Gasteiger partial charge on any atom is -0.326 e. The Balaban J connectivity index is 2.41. The molecule has 2 atom stereocenters. The van der Waals surface area contributed by atoms with Crippen molar-refractivity contribution in [2.45, 2.75) is 84.3 Å². The van der Waals surface area contributed by atoms with E-state index in [0.717, 1.165) is 32.2 Å². The van der Waals surface area contributed by atoms with E-state index in [-0.39, 0.29) is 12.2 Å². The Morgan fingerprint density at radius 3 is 2.39 bits per heavy atom. The van der Waals surface area contributed by atoms with Crippen molar-refractivity contribution in [2.75, 3.05) is 6.54 Å². The average Bonchev–Trinajstić information content (AvgIpc) is 2.69. The average molecular weight is 254 g/mol. The molecule has 1 fully saturated rings. The second-order valence-corrected chi connectivity index (χ2v) is 5.38. The summed E-state index contributed by atoms with van der Waals surface area (Å²) in [6, 6.07) is 0.0843. The lowest BCUT2D eigenvalue weighted by Crippen LogP contribution is -2.37. The fourth-order valence-corrected chi connectivity index (χ4v) is 2.68. The first-order valence-corrected chi connectivity index (χ1v) is 7.81. The van der Waals surface area contributed by atoms with E-state index in [1.807, 2.05) is 0 Å². The number of carbonyl (C=O) groups excluding carboxylic acids is 1. The molecular weight excluding hydrogens is 224 g/mol. The van der Waals surface area contributed by atoms with Crippen LogP contribution in [0.4, 0.5) is 0 Å². The normalized spacial score (nSPS) is 23.9. The molecule has 0 aromatic rings. The van der Waals surface area contributed by atoms with Crippen LogP contribution in [0.1, 0.15) is 72.1 Å². The monoisotopic (exact) mass is 254 g/mol. The van der Waals surface area contributed by atoms with Gasteiger partial charge in [0.25, 0.3) is 0 Å². The van der Waals surface area contributed by atoms with Crippen molar-refractivity contribution >= 4 is 5.91 Å². The first-order chi connectivity index (χ1) is 8.74. The lowest BCUT2D eigenvalue weighted by Gasteiger charge is -2.22. The molecule has 1 N–H and O–H groups in total. The minimum absolute atomic E-state index is 0.0843. The SMILES string of the molecule is CCCCCCN1C(=O)C(CCCC)NC1CC. The van der Waals surface area contributed by atoms with Gasteiger partial charge in [-0.15, -0.1) is 0 Å². The van der Waals surface area contributed by atoms with Gasteiger partial charge in [0.15, 0.2) is 0 Å². The summed E-state index contributed by atoms with van der Waals surface area (Å²) in [6.07, 6.45) is 9.53. The van der Waals surface area contributed by atoms with Crippen LogP contribution in [0.15, 0.2) is 0 Å². The van der Waals surface area contributed by atoms with Gasteiger partial charge in [-0.2, -0.15) is 0 Å². The summed E-state index contributed by atoms with van der Waals surface area (Å²) in [4.78, 5) is 14.4. The largest absolute Gasteiger partial charge is 0.326 e. The highest BCUT2D eigenvalue weighted by molar-refractivity contribution is 5.84. The zero-order chi connectivity index (χ0) is 13.4. The summed E-state index contributed by atoms with van der Waals surface area (Å²) in [5.74, 6) is 0.340. The number of nitrogens with one attached hydrogen (secondary N) is 1. The topological polar surface area (TPSA) is 32.3 Å². The van der Waals surface area contributed by atoms with E-state index in [9.17, 15) is 4.79 Å². The molecule has 18 heavy (non-hydrogen) atoms. The Kier molecular flexibility index (Phi) is 7.33. The molecule has 0 aliphatic carbocycles. The summed E-state index contributed by atoms with van der Waals surface area (Å²) >= 11 is 0. The highest BCUT2D eigenvalue weighted by Crippen LogP contribution is 2.18. The molecule has 3 heteroatoms. The van der Waals surface area contributed by atoms with E-state index in [4.69, 9.17) is 0 Å². The third-order valence-electron chi connectivity index (χ3n) is 3.84. The van der Waals surface area contributed by atoms with Crippen LogP contribution < -0.4 is 5.32 Å². The van der Waals surface area contributed by atoms with E-state index in [0.29, 0.717) is 5.91 Å². The zero-order valence-electron chi connectivity index (χ0n) is 12.4. The molecule has 106 valence electrons. The minimum atomic E-state index is 0.0843. The van der Waals surface area contributed by atoms with E-state index >= 15 is 0 Å². The molecule has 1 amide bonds. The molecule has 1 saturated heterocycles. The predicted octanol–water partition coefficient (Wildman–Crippen LogP) is 3.29. The molecule has 2 unspecified atom stereocenters. The van der Waals surface area contributed by atoms with Gasteiger partial charge in [0.05, 0.1) is 12.2 Å². The molecular formula is C15H30N2O. The van der Waals surface area contributed by atoms with E-state index in [1.165, 1.54) is 25.7 Å². The van der Waals surface area contributed by atoms with Crippen molar-refractivity contribution in [2.24, 2.45) is 0 Å². The third kappa shape index (κ3) is 4.27. The Bertz CT molecular complexity index is 243. The summed E-state index contributed by atoms with van der Waals surface area (Å²) in [5.41, 5.74) is 0. The number of hydrogen-bond acceptors (Lipinski definition) is 2. The highest BCUT2D eigenvalue weighted by atomic mass is 16.2. The van der Waals surface area contributed by atoms with Crippen molar-refractivity contribution in [3.8, 4) is 0 Å². The maximum Gasteiger partial charge on any atom is 0.241 e. The van der Waals surface area contributed by atoms with Crippen LogP contribution in [0.5, 0.6) is 0 Å².